The average Bonchev–Trinajstić information content (AvgIpc) is 3.27. The van der Waals surface area contributed by atoms with Crippen molar-refractivity contribution in [2.75, 3.05) is 32.6 Å². The quantitative estimate of drug-likeness (QED) is 0.454. The number of hydrogen-bond donors (Lipinski definition) is 2. The molecule has 1 saturated heterocycles. The molecule has 3 heterocycles. The van der Waals surface area contributed by atoms with E-state index in [1.54, 1.807) is 13.0 Å². The Morgan fingerprint density at radius 2 is 1.85 bits per heavy atom. The second-order valence-electron chi connectivity index (χ2n) is 11.7. The van der Waals surface area contributed by atoms with Gasteiger partial charge in [-0.1, -0.05) is 18.5 Å². The average molecular weight is 576 g/mol. The Morgan fingerprint density at radius 1 is 1.15 bits per heavy atom. The molecule has 4 aliphatic rings. The number of ether oxygens (including phenoxy) is 3. The van der Waals surface area contributed by atoms with Gasteiger partial charge in [0, 0.05) is 59.1 Å². The molecule has 1 aliphatic carbocycles. The number of amides is 2. The lowest BCUT2D eigenvalue weighted by Gasteiger charge is -2.41. The van der Waals surface area contributed by atoms with Crippen LogP contribution in [-0.2, 0) is 9.53 Å². The van der Waals surface area contributed by atoms with Crippen LogP contribution in [0.15, 0.2) is 22.0 Å². The van der Waals surface area contributed by atoms with Gasteiger partial charge < -0.3 is 24.8 Å². The Morgan fingerprint density at radius 3 is 2.49 bits per heavy atom. The minimum atomic E-state index is -0.840. The molecule has 2 fully saturated rings. The number of hydrogen-bond acceptors (Lipinski definition) is 7. The Hall–Kier alpha value is -2.07. The third-order valence-electron chi connectivity index (χ3n) is 8.46. The van der Waals surface area contributed by atoms with Gasteiger partial charge in [0.1, 0.15) is 0 Å². The fourth-order valence-electron chi connectivity index (χ4n) is 5.90. The van der Waals surface area contributed by atoms with Crippen molar-refractivity contribution in [3.63, 3.8) is 0 Å². The van der Waals surface area contributed by atoms with Gasteiger partial charge in [0.15, 0.2) is 11.5 Å². The van der Waals surface area contributed by atoms with Gasteiger partial charge in [-0.15, -0.1) is 11.8 Å². The van der Waals surface area contributed by atoms with Gasteiger partial charge in [-0.25, -0.2) is 4.99 Å². The van der Waals surface area contributed by atoms with Gasteiger partial charge in [-0.05, 0) is 57.9 Å². The molecule has 212 valence electrons. The van der Waals surface area contributed by atoms with Crippen LogP contribution < -0.4 is 20.1 Å². The topological polar surface area (TPSA) is 98.3 Å². The zero-order valence-electron chi connectivity index (χ0n) is 23.3. The van der Waals surface area contributed by atoms with E-state index >= 15 is 0 Å². The number of rotatable bonds is 8. The third-order valence-corrected chi connectivity index (χ3v) is 9.62. The number of nitrogens with one attached hydrogen (secondary N) is 2. The first kappa shape index (κ1) is 28.5. The molecular weight excluding hydrogens is 538 g/mol. The van der Waals surface area contributed by atoms with Crippen molar-refractivity contribution >= 4 is 40.9 Å². The number of nitrogens with zero attached hydrogens (tertiary/aromatic N) is 1. The first-order valence-corrected chi connectivity index (χ1v) is 15.3. The molecule has 1 aromatic rings. The van der Waals surface area contributed by atoms with Crippen molar-refractivity contribution in [3.05, 3.63) is 33.2 Å². The summed E-state index contributed by atoms with van der Waals surface area (Å²) in [7, 11) is 0. The van der Waals surface area contributed by atoms with E-state index in [2.05, 4.69) is 22.5 Å². The van der Waals surface area contributed by atoms with Gasteiger partial charge in [0.2, 0.25) is 0 Å². The molecule has 3 aliphatic heterocycles. The number of allylic oxidation sites excluding steroid dienone is 1. The number of fused-ring (bicyclic) bond motifs is 1. The Bertz CT molecular complexity index is 1220. The van der Waals surface area contributed by atoms with E-state index in [0.717, 1.165) is 50.3 Å². The molecule has 0 radical (unpaired) electrons. The summed E-state index contributed by atoms with van der Waals surface area (Å²) in [5, 5.41) is 6.98. The summed E-state index contributed by atoms with van der Waals surface area (Å²) in [6.45, 7) is 10.7. The SMILES string of the molecule is CSC1=CC(C)=NC(=O)C1CNC(=O)c1cc(Cl)c2c(c1C)OC(C)(C1CCC(NCC3(C)COC3)CC1)O2. The van der Waals surface area contributed by atoms with E-state index in [9.17, 15) is 9.59 Å². The van der Waals surface area contributed by atoms with Crippen LogP contribution in [0.2, 0.25) is 5.02 Å². The molecule has 2 amide bonds. The lowest BCUT2D eigenvalue weighted by atomic mass is 9.80. The highest BCUT2D eigenvalue weighted by atomic mass is 35.5. The Balaban J connectivity index is 1.22. The molecule has 0 spiro atoms. The summed E-state index contributed by atoms with van der Waals surface area (Å²) < 4.78 is 18.2. The first-order chi connectivity index (χ1) is 18.5. The number of carbonyl (C=O) groups is 2. The Labute approximate surface area is 239 Å². The number of dihydropyridines is 1. The standard InChI is InChI=1S/C29H38ClN3O5S/c1-16-10-23(39-5)21(27(35)33-16)12-31-26(34)20-11-22(30)25-24(17(20)2)37-29(4,38-25)18-6-8-19(9-7-18)32-13-28(3)14-36-15-28/h10-11,18-19,21,32H,6-9,12-15H2,1-5H3,(H,31,34). The number of thioether (sulfide) groups is 1. The molecule has 39 heavy (non-hydrogen) atoms. The fourth-order valence-corrected chi connectivity index (χ4v) is 6.90. The number of aliphatic imine (C=N–C) groups is 1. The van der Waals surface area contributed by atoms with Crippen LogP contribution in [-0.4, -0.2) is 61.9 Å². The van der Waals surface area contributed by atoms with Crippen molar-refractivity contribution in [2.45, 2.75) is 65.2 Å². The highest BCUT2D eigenvalue weighted by Crippen LogP contribution is 2.51. The van der Waals surface area contributed by atoms with Gasteiger partial charge in [-0.2, -0.15) is 0 Å². The van der Waals surface area contributed by atoms with Crippen LogP contribution in [0.3, 0.4) is 0 Å². The highest BCUT2D eigenvalue weighted by molar-refractivity contribution is 8.02. The minimum absolute atomic E-state index is 0.161. The van der Waals surface area contributed by atoms with E-state index in [1.807, 2.05) is 26.2 Å². The van der Waals surface area contributed by atoms with E-state index in [0.29, 0.717) is 39.4 Å². The summed E-state index contributed by atoms with van der Waals surface area (Å²) in [5.74, 6) is -0.671. The summed E-state index contributed by atoms with van der Waals surface area (Å²) in [4.78, 5) is 30.6. The molecular formula is C29H38ClN3O5S. The molecule has 0 aromatic heterocycles. The number of benzene rings is 1. The van der Waals surface area contributed by atoms with Gasteiger partial charge in [0.05, 0.1) is 24.2 Å². The fraction of sp³-hybridized carbons (Fsp3) is 0.621. The second-order valence-corrected chi connectivity index (χ2v) is 13.0. The summed E-state index contributed by atoms with van der Waals surface area (Å²) >= 11 is 8.12. The molecule has 5 rings (SSSR count). The molecule has 2 atom stereocenters. The molecule has 2 N–H and O–H groups in total. The number of halogens is 1. The monoisotopic (exact) mass is 575 g/mol. The van der Waals surface area contributed by atoms with Crippen molar-refractivity contribution in [2.24, 2.45) is 22.2 Å². The van der Waals surface area contributed by atoms with E-state index < -0.39 is 11.7 Å². The van der Waals surface area contributed by atoms with Gasteiger partial charge in [0.25, 0.3) is 17.6 Å². The predicted octanol–water partition coefficient (Wildman–Crippen LogP) is 4.91. The largest absolute Gasteiger partial charge is 0.448 e. The molecule has 0 bridgehead atoms. The van der Waals surface area contributed by atoms with Crippen LogP contribution in [0.4, 0.5) is 0 Å². The smallest absolute Gasteiger partial charge is 0.255 e. The number of carbonyl (C=O) groups excluding carboxylic acids is 2. The predicted molar refractivity (Wildman–Crippen MR) is 154 cm³/mol. The second kappa shape index (κ2) is 11.1. The van der Waals surface area contributed by atoms with Crippen molar-refractivity contribution in [3.8, 4) is 11.5 Å². The zero-order valence-corrected chi connectivity index (χ0v) is 24.9. The van der Waals surface area contributed by atoms with Crippen molar-refractivity contribution in [1.82, 2.24) is 10.6 Å². The van der Waals surface area contributed by atoms with Gasteiger partial charge in [-0.3, -0.25) is 9.59 Å². The molecule has 8 nitrogen and oxygen atoms in total. The van der Waals surface area contributed by atoms with Crippen molar-refractivity contribution in [1.29, 1.82) is 0 Å². The maximum Gasteiger partial charge on any atom is 0.255 e. The lowest BCUT2D eigenvalue weighted by molar-refractivity contribution is -0.123. The first-order valence-electron chi connectivity index (χ1n) is 13.7. The Kier molecular flexibility index (Phi) is 8.08. The normalized spacial score (nSPS) is 29.4. The zero-order chi connectivity index (χ0) is 27.9. The lowest BCUT2D eigenvalue weighted by Crippen LogP contribution is -2.51. The van der Waals surface area contributed by atoms with E-state index in [4.69, 9.17) is 25.8 Å². The van der Waals surface area contributed by atoms with Crippen LogP contribution in [0.25, 0.3) is 0 Å². The highest BCUT2D eigenvalue weighted by Gasteiger charge is 2.47. The van der Waals surface area contributed by atoms with Crippen LogP contribution >= 0.6 is 23.4 Å². The van der Waals surface area contributed by atoms with Crippen LogP contribution in [0.5, 0.6) is 11.5 Å². The van der Waals surface area contributed by atoms with Gasteiger partial charge >= 0.3 is 0 Å². The summed E-state index contributed by atoms with van der Waals surface area (Å²) in [6.07, 6.45) is 7.86. The molecule has 1 aromatic carbocycles. The maximum absolute atomic E-state index is 13.2. The summed E-state index contributed by atoms with van der Waals surface area (Å²) in [5.41, 5.74) is 2.01. The third kappa shape index (κ3) is 5.73. The minimum Gasteiger partial charge on any atom is -0.448 e. The van der Waals surface area contributed by atoms with Crippen molar-refractivity contribution < 1.29 is 23.8 Å². The molecule has 1 saturated carbocycles. The van der Waals surface area contributed by atoms with E-state index in [1.165, 1.54) is 11.8 Å². The summed E-state index contributed by atoms with van der Waals surface area (Å²) in [6, 6.07) is 2.11. The van der Waals surface area contributed by atoms with E-state index in [-0.39, 0.29) is 29.7 Å². The molecule has 10 heteroatoms. The van der Waals surface area contributed by atoms with Crippen LogP contribution in [0, 0.1) is 24.2 Å². The molecule has 2 unspecified atom stereocenters. The van der Waals surface area contributed by atoms with Crippen LogP contribution in [0.1, 0.15) is 62.4 Å². The maximum atomic E-state index is 13.2.